The molecule has 2 aromatic heterocycles. The van der Waals surface area contributed by atoms with E-state index in [0.717, 1.165) is 23.6 Å². The average molecular weight is 162 g/mol. The molecule has 0 radical (unpaired) electrons. The van der Waals surface area contributed by atoms with Gasteiger partial charge in [-0.25, -0.2) is 0 Å². The number of fused-ring (bicyclic) bond motifs is 1. The van der Waals surface area contributed by atoms with Crippen molar-refractivity contribution in [3.8, 4) is 0 Å². The van der Waals surface area contributed by atoms with E-state index in [1.807, 2.05) is 17.5 Å². The molecule has 0 N–H and O–H groups in total. The minimum Gasteiger partial charge on any atom is -0.281 e. The molecule has 0 fully saturated rings. The molecule has 0 atom stereocenters. The van der Waals surface area contributed by atoms with Gasteiger partial charge in [0.15, 0.2) is 5.65 Å². The molecule has 2 heterocycles. The third-order valence-corrected chi connectivity index (χ3v) is 1.88. The Labute approximate surface area is 70.3 Å². The van der Waals surface area contributed by atoms with E-state index in [1.165, 1.54) is 0 Å². The number of aryl methyl sites for hydroxylation is 2. The number of hydrogen-bond acceptors (Lipinski definition) is 3. The fraction of sp³-hybridized carbons (Fsp3) is 0.375. The van der Waals surface area contributed by atoms with Gasteiger partial charge in [0, 0.05) is 18.3 Å². The van der Waals surface area contributed by atoms with E-state index in [4.69, 9.17) is 0 Å². The van der Waals surface area contributed by atoms with E-state index in [0.29, 0.717) is 0 Å². The Bertz CT molecular complexity index is 404. The largest absolute Gasteiger partial charge is 0.281 e. The van der Waals surface area contributed by atoms with Crippen LogP contribution in [0.5, 0.6) is 0 Å². The molecule has 12 heavy (non-hydrogen) atoms. The van der Waals surface area contributed by atoms with Crippen LogP contribution in [0.25, 0.3) is 5.65 Å². The summed E-state index contributed by atoms with van der Waals surface area (Å²) in [6, 6.07) is 0. The summed E-state index contributed by atoms with van der Waals surface area (Å²) in [5.41, 5.74) is 1.90. The molecule has 62 valence electrons. The Morgan fingerprint density at radius 2 is 2.17 bits per heavy atom. The number of nitrogens with zero attached hydrogens (tertiary/aromatic N) is 4. The summed E-state index contributed by atoms with van der Waals surface area (Å²) in [6.45, 7) is 4.07. The zero-order valence-electron chi connectivity index (χ0n) is 7.15. The van der Waals surface area contributed by atoms with Gasteiger partial charge >= 0.3 is 0 Å². The highest BCUT2D eigenvalue weighted by atomic mass is 15.3. The molecule has 0 saturated carbocycles. The molecular weight excluding hydrogens is 152 g/mol. The van der Waals surface area contributed by atoms with Crippen LogP contribution < -0.4 is 0 Å². The smallest absolute Gasteiger partial charge is 0.179 e. The number of rotatable bonds is 1. The van der Waals surface area contributed by atoms with Crippen molar-refractivity contribution in [3.63, 3.8) is 0 Å². The van der Waals surface area contributed by atoms with Crippen molar-refractivity contribution in [2.24, 2.45) is 0 Å². The van der Waals surface area contributed by atoms with Gasteiger partial charge < -0.3 is 0 Å². The molecule has 2 rings (SSSR count). The molecule has 4 heteroatoms. The summed E-state index contributed by atoms with van der Waals surface area (Å²) in [6.07, 6.45) is 4.43. The molecule has 4 nitrogen and oxygen atoms in total. The van der Waals surface area contributed by atoms with Crippen LogP contribution in [-0.2, 0) is 6.42 Å². The molecule has 0 spiro atoms. The van der Waals surface area contributed by atoms with Crippen LogP contribution in [0.1, 0.15) is 18.4 Å². The summed E-state index contributed by atoms with van der Waals surface area (Å²) in [5, 5.41) is 8.05. The van der Waals surface area contributed by atoms with Gasteiger partial charge in [0.05, 0.1) is 6.20 Å². The predicted molar refractivity (Wildman–Crippen MR) is 44.9 cm³/mol. The molecule has 0 saturated heterocycles. The Kier molecular flexibility index (Phi) is 1.53. The highest BCUT2D eigenvalue weighted by molar-refractivity contribution is 5.35. The Balaban J connectivity index is 2.83. The molecule has 0 aliphatic rings. The SMILES string of the molecule is CCc1nnc2cncc(C)n12. The highest BCUT2D eigenvalue weighted by Crippen LogP contribution is 2.05. The quantitative estimate of drug-likeness (QED) is 0.628. The number of aromatic nitrogens is 4. The van der Waals surface area contributed by atoms with Gasteiger partial charge in [0.25, 0.3) is 0 Å². The highest BCUT2D eigenvalue weighted by Gasteiger charge is 2.04. The maximum Gasteiger partial charge on any atom is 0.179 e. The van der Waals surface area contributed by atoms with Gasteiger partial charge in [-0.05, 0) is 6.92 Å². The van der Waals surface area contributed by atoms with Crippen LogP contribution in [0.4, 0.5) is 0 Å². The van der Waals surface area contributed by atoms with E-state index in [9.17, 15) is 0 Å². The normalized spacial score (nSPS) is 10.8. The summed E-state index contributed by atoms with van der Waals surface area (Å²) in [4.78, 5) is 4.04. The van der Waals surface area contributed by atoms with E-state index in [-0.39, 0.29) is 0 Å². The topological polar surface area (TPSA) is 43.1 Å². The predicted octanol–water partition coefficient (Wildman–Crippen LogP) is 0.995. The van der Waals surface area contributed by atoms with E-state index in [2.05, 4.69) is 22.1 Å². The van der Waals surface area contributed by atoms with Gasteiger partial charge in [-0.2, -0.15) is 0 Å². The molecule has 2 aromatic rings. The molecule has 0 bridgehead atoms. The third kappa shape index (κ3) is 0.879. The molecule has 0 unspecified atom stereocenters. The summed E-state index contributed by atoms with van der Waals surface area (Å²) >= 11 is 0. The maximum absolute atomic E-state index is 4.05. The fourth-order valence-corrected chi connectivity index (χ4v) is 1.30. The second-order valence-electron chi connectivity index (χ2n) is 2.71. The second kappa shape index (κ2) is 2.55. The van der Waals surface area contributed by atoms with Crippen molar-refractivity contribution in [3.05, 3.63) is 23.9 Å². The van der Waals surface area contributed by atoms with Crippen molar-refractivity contribution in [2.45, 2.75) is 20.3 Å². The van der Waals surface area contributed by atoms with Crippen molar-refractivity contribution in [1.29, 1.82) is 0 Å². The zero-order valence-corrected chi connectivity index (χ0v) is 7.15. The Hall–Kier alpha value is -1.45. The lowest BCUT2D eigenvalue weighted by atomic mass is 10.4. The molecule has 0 amide bonds. The van der Waals surface area contributed by atoms with E-state index < -0.39 is 0 Å². The first-order chi connectivity index (χ1) is 5.83. The first-order valence-electron chi connectivity index (χ1n) is 3.97. The third-order valence-electron chi connectivity index (χ3n) is 1.88. The van der Waals surface area contributed by atoms with Gasteiger partial charge in [-0.15, -0.1) is 10.2 Å². The van der Waals surface area contributed by atoms with Crippen LogP contribution in [0.2, 0.25) is 0 Å². The first-order valence-corrected chi connectivity index (χ1v) is 3.97. The van der Waals surface area contributed by atoms with Crippen LogP contribution in [0.15, 0.2) is 12.4 Å². The minimum atomic E-state index is 0.826. The first kappa shape index (κ1) is 7.21. The summed E-state index contributed by atoms with van der Waals surface area (Å²) in [5.74, 6) is 0.991. The molecule has 0 aromatic carbocycles. The lowest BCUT2D eigenvalue weighted by molar-refractivity contribution is 0.886. The van der Waals surface area contributed by atoms with E-state index >= 15 is 0 Å². The van der Waals surface area contributed by atoms with Crippen LogP contribution in [-0.4, -0.2) is 19.6 Å². The van der Waals surface area contributed by atoms with Crippen LogP contribution in [0.3, 0.4) is 0 Å². The Morgan fingerprint density at radius 1 is 1.33 bits per heavy atom. The Morgan fingerprint density at radius 3 is 2.92 bits per heavy atom. The maximum atomic E-state index is 4.05. The second-order valence-corrected chi connectivity index (χ2v) is 2.71. The monoisotopic (exact) mass is 162 g/mol. The standard InChI is InChI=1S/C8H10N4/c1-3-7-10-11-8-5-9-4-6(2)12(7)8/h4-5H,3H2,1-2H3. The summed E-state index contributed by atoms with van der Waals surface area (Å²) < 4.78 is 2.02. The van der Waals surface area contributed by atoms with Gasteiger partial charge in [-0.3, -0.25) is 9.38 Å². The van der Waals surface area contributed by atoms with Crippen LogP contribution in [0, 0.1) is 6.92 Å². The summed E-state index contributed by atoms with van der Waals surface area (Å²) in [7, 11) is 0. The van der Waals surface area contributed by atoms with E-state index in [1.54, 1.807) is 6.20 Å². The molecule has 0 aliphatic heterocycles. The van der Waals surface area contributed by atoms with Crippen molar-refractivity contribution >= 4 is 5.65 Å². The van der Waals surface area contributed by atoms with Crippen LogP contribution >= 0.6 is 0 Å². The van der Waals surface area contributed by atoms with Gasteiger partial charge in [0.1, 0.15) is 5.82 Å². The zero-order chi connectivity index (χ0) is 8.55. The van der Waals surface area contributed by atoms with Crippen molar-refractivity contribution in [2.75, 3.05) is 0 Å². The molecular formula is C8H10N4. The van der Waals surface area contributed by atoms with Gasteiger partial charge in [0.2, 0.25) is 0 Å². The molecule has 0 aliphatic carbocycles. The number of hydrogen-bond donors (Lipinski definition) is 0. The van der Waals surface area contributed by atoms with Crippen molar-refractivity contribution < 1.29 is 0 Å². The fourth-order valence-electron chi connectivity index (χ4n) is 1.30. The minimum absolute atomic E-state index is 0.826. The van der Waals surface area contributed by atoms with Gasteiger partial charge in [-0.1, -0.05) is 6.92 Å². The lowest BCUT2D eigenvalue weighted by Crippen LogP contribution is -1.97. The average Bonchev–Trinajstić information content (AvgIpc) is 2.49. The lowest BCUT2D eigenvalue weighted by Gasteiger charge is -1.98. The van der Waals surface area contributed by atoms with Crippen molar-refractivity contribution in [1.82, 2.24) is 19.6 Å².